The molecule has 0 fully saturated rings. The van der Waals surface area contributed by atoms with Crippen molar-refractivity contribution >= 4 is 23.2 Å². The van der Waals surface area contributed by atoms with Crippen LogP contribution in [0.15, 0.2) is 18.2 Å². The van der Waals surface area contributed by atoms with Crippen molar-refractivity contribution in [2.75, 3.05) is 13.2 Å². The number of ether oxygens (including phenoxy) is 1. The third kappa shape index (κ3) is 5.59. The number of aliphatic hydroxyl groups excluding tert-OH is 1. The van der Waals surface area contributed by atoms with Gasteiger partial charge >= 0.3 is 0 Å². The normalized spacial score (nSPS) is 12.8. The Labute approximate surface area is 112 Å². The van der Waals surface area contributed by atoms with Crippen molar-refractivity contribution in [3.63, 3.8) is 0 Å². The van der Waals surface area contributed by atoms with E-state index >= 15 is 0 Å². The van der Waals surface area contributed by atoms with Crippen molar-refractivity contribution < 1.29 is 9.84 Å². The summed E-state index contributed by atoms with van der Waals surface area (Å²) >= 11 is 11.6. The third-order valence-electron chi connectivity index (χ3n) is 2.10. The van der Waals surface area contributed by atoms with E-state index in [2.05, 4.69) is 5.32 Å². The van der Waals surface area contributed by atoms with E-state index in [1.165, 1.54) is 0 Å². The minimum atomic E-state index is -0.549. The molecule has 1 aromatic rings. The van der Waals surface area contributed by atoms with Crippen LogP contribution in [0.1, 0.15) is 13.8 Å². The summed E-state index contributed by atoms with van der Waals surface area (Å²) in [6.45, 7) is 4.76. The van der Waals surface area contributed by atoms with Gasteiger partial charge in [0.1, 0.15) is 18.5 Å². The number of halogens is 2. The molecule has 0 spiro atoms. The molecule has 3 nitrogen and oxygen atoms in total. The average molecular weight is 278 g/mol. The summed E-state index contributed by atoms with van der Waals surface area (Å²) < 4.78 is 5.40. The van der Waals surface area contributed by atoms with Gasteiger partial charge in [0.15, 0.2) is 0 Å². The quantitative estimate of drug-likeness (QED) is 0.840. The van der Waals surface area contributed by atoms with Crippen molar-refractivity contribution in [2.24, 2.45) is 0 Å². The van der Waals surface area contributed by atoms with Crippen LogP contribution in [0.3, 0.4) is 0 Å². The second-order valence-electron chi connectivity index (χ2n) is 4.10. The highest BCUT2D eigenvalue weighted by molar-refractivity contribution is 6.42. The first-order valence-corrected chi connectivity index (χ1v) is 6.24. The standard InChI is InChI=1S/C12H17Cl2NO2/c1-8(2)15-6-9(16)7-17-10-3-4-11(13)12(14)5-10/h3-5,8-9,15-16H,6-7H2,1-2H3. The summed E-state index contributed by atoms with van der Waals surface area (Å²) in [5, 5.41) is 13.7. The second-order valence-corrected chi connectivity index (χ2v) is 4.92. The van der Waals surface area contributed by atoms with E-state index in [4.69, 9.17) is 27.9 Å². The Morgan fingerprint density at radius 2 is 2.00 bits per heavy atom. The molecule has 0 aliphatic heterocycles. The molecule has 1 atom stereocenters. The van der Waals surface area contributed by atoms with Crippen molar-refractivity contribution in [1.82, 2.24) is 5.32 Å². The molecule has 0 heterocycles. The van der Waals surface area contributed by atoms with Crippen LogP contribution in [-0.4, -0.2) is 30.4 Å². The molecule has 0 amide bonds. The number of aliphatic hydroxyl groups is 1. The summed E-state index contributed by atoms with van der Waals surface area (Å²) in [7, 11) is 0. The molecule has 1 rings (SSSR count). The SMILES string of the molecule is CC(C)NCC(O)COc1ccc(Cl)c(Cl)c1. The molecule has 0 saturated carbocycles. The Morgan fingerprint density at radius 3 is 2.59 bits per heavy atom. The highest BCUT2D eigenvalue weighted by Crippen LogP contribution is 2.26. The van der Waals surface area contributed by atoms with Gasteiger partial charge in [-0.1, -0.05) is 37.0 Å². The summed E-state index contributed by atoms with van der Waals surface area (Å²) in [4.78, 5) is 0. The van der Waals surface area contributed by atoms with E-state index in [1.807, 2.05) is 13.8 Å². The summed E-state index contributed by atoms with van der Waals surface area (Å²) in [6, 6.07) is 5.36. The number of hydrogen-bond donors (Lipinski definition) is 2. The number of benzene rings is 1. The van der Waals surface area contributed by atoms with E-state index in [-0.39, 0.29) is 6.61 Å². The Bertz CT molecular complexity index is 358. The van der Waals surface area contributed by atoms with Crippen molar-refractivity contribution in [3.05, 3.63) is 28.2 Å². The first-order valence-electron chi connectivity index (χ1n) is 5.48. The smallest absolute Gasteiger partial charge is 0.121 e. The number of nitrogens with one attached hydrogen (secondary N) is 1. The van der Waals surface area contributed by atoms with Gasteiger partial charge in [-0.25, -0.2) is 0 Å². The van der Waals surface area contributed by atoms with Crippen LogP contribution >= 0.6 is 23.2 Å². The predicted octanol–water partition coefficient (Wildman–Crippen LogP) is 2.73. The van der Waals surface area contributed by atoms with Gasteiger partial charge in [0, 0.05) is 18.7 Å². The topological polar surface area (TPSA) is 41.5 Å². The fraction of sp³-hybridized carbons (Fsp3) is 0.500. The molecular weight excluding hydrogens is 261 g/mol. The molecule has 2 N–H and O–H groups in total. The molecule has 1 aromatic carbocycles. The fourth-order valence-electron chi connectivity index (χ4n) is 1.19. The molecule has 96 valence electrons. The molecule has 0 bridgehead atoms. The van der Waals surface area contributed by atoms with E-state index in [9.17, 15) is 5.11 Å². The molecule has 1 unspecified atom stereocenters. The molecular formula is C12H17Cl2NO2. The average Bonchev–Trinajstić information content (AvgIpc) is 2.28. The fourth-order valence-corrected chi connectivity index (χ4v) is 1.48. The van der Waals surface area contributed by atoms with Crippen LogP contribution in [-0.2, 0) is 0 Å². The van der Waals surface area contributed by atoms with Crippen LogP contribution in [0.25, 0.3) is 0 Å². The Morgan fingerprint density at radius 1 is 1.29 bits per heavy atom. The maximum absolute atomic E-state index is 9.64. The third-order valence-corrected chi connectivity index (χ3v) is 2.83. The monoisotopic (exact) mass is 277 g/mol. The minimum absolute atomic E-state index is 0.220. The summed E-state index contributed by atoms with van der Waals surface area (Å²) in [6.07, 6.45) is -0.549. The molecule has 0 aromatic heterocycles. The zero-order valence-corrected chi connectivity index (χ0v) is 11.4. The van der Waals surface area contributed by atoms with E-state index in [0.717, 1.165) is 0 Å². The number of hydrogen-bond acceptors (Lipinski definition) is 3. The van der Waals surface area contributed by atoms with Gasteiger partial charge in [-0.3, -0.25) is 0 Å². The molecule has 0 aliphatic carbocycles. The predicted molar refractivity (Wildman–Crippen MR) is 71.1 cm³/mol. The molecule has 17 heavy (non-hydrogen) atoms. The largest absolute Gasteiger partial charge is 0.491 e. The van der Waals surface area contributed by atoms with Crippen molar-refractivity contribution in [1.29, 1.82) is 0 Å². The van der Waals surface area contributed by atoms with Crippen molar-refractivity contribution in [3.8, 4) is 5.75 Å². The summed E-state index contributed by atoms with van der Waals surface area (Å²) in [5.74, 6) is 0.600. The lowest BCUT2D eigenvalue weighted by atomic mass is 10.3. The van der Waals surface area contributed by atoms with Gasteiger partial charge in [0.25, 0.3) is 0 Å². The Kier molecular flexibility index (Phi) is 6.06. The Balaban J connectivity index is 2.36. The lowest BCUT2D eigenvalue weighted by Gasteiger charge is -2.15. The van der Waals surface area contributed by atoms with Crippen LogP contribution < -0.4 is 10.1 Å². The lowest BCUT2D eigenvalue weighted by molar-refractivity contribution is 0.104. The van der Waals surface area contributed by atoms with E-state index < -0.39 is 6.10 Å². The first-order chi connectivity index (χ1) is 7.99. The second kappa shape index (κ2) is 7.07. The molecule has 5 heteroatoms. The highest BCUT2D eigenvalue weighted by atomic mass is 35.5. The lowest BCUT2D eigenvalue weighted by Crippen LogP contribution is -2.35. The van der Waals surface area contributed by atoms with Gasteiger partial charge in [-0.15, -0.1) is 0 Å². The van der Waals surface area contributed by atoms with Gasteiger partial charge in [-0.05, 0) is 12.1 Å². The van der Waals surface area contributed by atoms with Gasteiger partial charge < -0.3 is 15.2 Å². The van der Waals surface area contributed by atoms with Gasteiger partial charge in [0.2, 0.25) is 0 Å². The molecule has 0 radical (unpaired) electrons. The van der Waals surface area contributed by atoms with Crippen molar-refractivity contribution in [2.45, 2.75) is 26.0 Å². The minimum Gasteiger partial charge on any atom is -0.491 e. The zero-order chi connectivity index (χ0) is 12.8. The van der Waals surface area contributed by atoms with Crippen LogP contribution in [0.4, 0.5) is 0 Å². The maximum Gasteiger partial charge on any atom is 0.121 e. The highest BCUT2D eigenvalue weighted by Gasteiger charge is 2.07. The van der Waals surface area contributed by atoms with Crippen LogP contribution in [0.2, 0.25) is 10.0 Å². The van der Waals surface area contributed by atoms with Gasteiger partial charge in [0.05, 0.1) is 10.0 Å². The zero-order valence-electron chi connectivity index (χ0n) is 9.91. The molecule has 0 aliphatic rings. The van der Waals surface area contributed by atoms with Crippen LogP contribution in [0, 0.1) is 0 Å². The van der Waals surface area contributed by atoms with E-state index in [1.54, 1.807) is 18.2 Å². The summed E-state index contributed by atoms with van der Waals surface area (Å²) in [5.41, 5.74) is 0. The molecule has 0 saturated heterocycles. The maximum atomic E-state index is 9.64. The number of rotatable bonds is 6. The first kappa shape index (κ1) is 14.6. The Hall–Kier alpha value is -0.480. The van der Waals surface area contributed by atoms with Gasteiger partial charge in [-0.2, -0.15) is 0 Å². The van der Waals surface area contributed by atoms with E-state index in [0.29, 0.717) is 28.4 Å². The van der Waals surface area contributed by atoms with Crippen LogP contribution in [0.5, 0.6) is 5.75 Å².